The van der Waals surface area contributed by atoms with Gasteiger partial charge in [0.2, 0.25) is 0 Å². The molecule has 2 heterocycles. The maximum Gasteiger partial charge on any atom is 0.0576 e. The third-order valence-electron chi connectivity index (χ3n) is 3.42. The Kier molecular flexibility index (Phi) is 2.58. The zero-order valence-corrected chi connectivity index (χ0v) is 10.0. The average molecular weight is 232 g/mol. The molecule has 16 heavy (non-hydrogen) atoms. The van der Waals surface area contributed by atoms with Crippen molar-refractivity contribution in [3.8, 4) is 0 Å². The van der Waals surface area contributed by atoms with Gasteiger partial charge in [-0.3, -0.25) is 0 Å². The number of rotatable bonds is 2. The summed E-state index contributed by atoms with van der Waals surface area (Å²) in [6.07, 6.45) is 1.23. The Labute approximate surface area is 99.7 Å². The molecule has 1 aliphatic heterocycles. The van der Waals surface area contributed by atoms with E-state index in [2.05, 4.69) is 34.5 Å². The van der Waals surface area contributed by atoms with Crippen LogP contribution >= 0.6 is 11.3 Å². The SMILES string of the molecule is NCC1CCN(c2cccc3ccsc23)C1. The van der Waals surface area contributed by atoms with Crippen molar-refractivity contribution in [1.29, 1.82) is 0 Å². The smallest absolute Gasteiger partial charge is 0.0576 e. The molecule has 0 bridgehead atoms. The van der Waals surface area contributed by atoms with Crippen LogP contribution in [0.3, 0.4) is 0 Å². The van der Waals surface area contributed by atoms with Gasteiger partial charge in [-0.1, -0.05) is 12.1 Å². The number of fused-ring (bicyclic) bond motifs is 1. The van der Waals surface area contributed by atoms with E-state index in [1.807, 2.05) is 11.3 Å². The molecule has 1 fully saturated rings. The average Bonchev–Trinajstić information content (AvgIpc) is 2.97. The van der Waals surface area contributed by atoms with Crippen LogP contribution in [-0.2, 0) is 0 Å². The van der Waals surface area contributed by atoms with Gasteiger partial charge in [0.05, 0.1) is 10.4 Å². The predicted molar refractivity (Wildman–Crippen MR) is 71.2 cm³/mol. The number of thiophene rings is 1. The highest BCUT2D eigenvalue weighted by Gasteiger charge is 2.22. The Hall–Kier alpha value is -1.06. The van der Waals surface area contributed by atoms with Crippen molar-refractivity contribution < 1.29 is 0 Å². The molecule has 1 aliphatic rings. The molecular weight excluding hydrogens is 216 g/mol. The maximum absolute atomic E-state index is 5.74. The first-order valence-corrected chi connectivity index (χ1v) is 6.67. The van der Waals surface area contributed by atoms with E-state index in [0.717, 1.165) is 19.6 Å². The van der Waals surface area contributed by atoms with E-state index in [-0.39, 0.29) is 0 Å². The molecule has 3 heteroatoms. The zero-order valence-electron chi connectivity index (χ0n) is 9.23. The van der Waals surface area contributed by atoms with Gasteiger partial charge in [0.25, 0.3) is 0 Å². The van der Waals surface area contributed by atoms with Crippen LogP contribution in [0.1, 0.15) is 6.42 Å². The lowest BCUT2D eigenvalue weighted by Gasteiger charge is -2.19. The fourth-order valence-electron chi connectivity index (χ4n) is 2.47. The second kappa shape index (κ2) is 4.07. The van der Waals surface area contributed by atoms with Crippen molar-refractivity contribution >= 4 is 27.1 Å². The van der Waals surface area contributed by atoms with Gasteiger partial charge in [-0.15, -0.1) is 11.3 Å². The van der Waals surface area contributed by atoms with Crippen LogP contribution in [0.15, 0.2) is 29.6 Å². The number of hydrogen-bond donors (Lipinski definition) is 1. The lowest BCUT2D eigenvalue weighted by molar-refractivity contribution is 0.603. The van der Waals surface area contributed by atoms with E-state index in [1.165, 1.54) is 22.2 Å². The lowest BCUT2D eigenvalue weighted by Crippen LogP contribution is -2.22. The van der Waals surface area contributed by atoms with Crippen molar-refractivity contribution in [3.05, 3.63) is 29.6 Å². The molecule has 0 saturated carbocycles. The fourth-order valence-corrected chi connectivity index (χ4v) is 3.41. The quantitative estimate of drug-likeness (QED) is 0.862. The molecule has 1 aromatic carbocycles. The Morgan fingerprint density at radius 1 is 1.38 bits per heavy atom. The Morgan fingerprint density at radius 3 is 3.12 bits per heavy atom. The summed E-state index contributed by atoms with van der Waals surface area (Å²) >= 11 is 1.84. The summed E-state index contributed by atoms with van der Waals surface area (Å²) in [5.41, 5.74) is 7.13. The predicted octanol–water partition coefficient (Wildman–Crippen LogP) is 2.69. The number of nitrogens with zero attached hydrogens (tertiary/aromatic N) is 1. The third kappa shape index (κ3) is 1.60. The van der Waals surface area contributed by atoms with Gasteiger partial charge in [0.1, 0.15) is 0 Å². The van der Waals surface area contributed by atoms with Gasteiger partial charge in [0, 0.05) is 13.1 Å². The molecule has 2 aromatic rings. The number of nitrogens with two attached hydrogens (primary N) is 1. The third-order valence-corrected chi connectivity index (χ3v) is 4.37. The van der Waals surface area contributed by atoms with Crippen LogP contribution in [0.5, 0.6) is 0 Å². The number of benzene rings is 1. The van der Waals surface area contributed by atoms with Gasteiger partial charge in [-0.2, -0.15) is 0 Å². The molecule has 1 aromatic heterocycles. The van der Waals surface area contributed by atoms with Gasteiger partial charge in [0.15, 0.2) is 0 Å². The molecule has 2 N–H and O–H groups in total. The molecule has 1 saturated heterocycles. The van der Waals surface area contributed by atoms with E-state index in [4.69, 9.17) is 5.73 Å². The largest absolute Gasteiger partial charge is 0.370 e. The minimum atomic E-state index is 0.676. The van der Waals surface area contributed by atoms with Crippen LogP contribution in [-0.4, -0.2) is 19.6 Å². The van der Waals surface area contributed by atoms with Crippen molar-refractivity contribution in [2.75, 3.05) is 24.5 Å². The van der Waals surface area contributed by atoms with Crippen molar-refractivity contribution in [2.45, 2.75) is 6.42 Å². The monoisotopic (exact) mass is 232 g/mol. The Bertz CT molecular complexity index is 491. The minimum Gasteiger partial charge on any atom is -0.370 e. The molecule has 1 unspecified atom stereocenters. The highest BCUT2D eigenvalue weighted by molar-refractivity contribution is 7.17. The summed E-state index contributed by atoms with van der Waals surface area (Å²) in [5, 5.41) is 3.53. The van der Waals surface area contributed by atoms with Crippen LogP contribution in [0.4, 0.5) is 5.69 Å². The zero-order chi connectivity index (χ0) is 11.0. The number of hydrogen-bond acceptors (Lipinski definition) is 3. The molecule has 0 aliphatic carbocycles. The van der Waals surface area contributed by atoms with Crippen molar-refractivity contribution in [2.24, 2.45) is 11.7 Å². The lowest BCUT2D eigenvalue weighted by atomic mass is 10.1. The topological polar surface area (TPSA) is 29.3 Å². The van der Waals surface area contributed by atoms with E-state index in [9.17, 15) is 0 Å². The van der Waals surface area contributed by atoms with E-state index >= 15 is 0 Å². The fraction of sp³-hybridized carbons (Fsp3) is 0.385. The summed E-state index contributed by atoms with van der Waals surface area (Å²) in [7, 11) is 0. The summed E-state index contributed by atoms with van der Waals surface area (Å²) in [6, 6.07) is 8.77. The Morgan fingerprint density at radius 2 is 2.31 bits per heavy atom. The van der Waals surface area contributed by atoms with Gasteiger partial charge in [-0.05, 0) is 41.8 Å². The normalized spacial score (nSPS) is 20.8. The highest BCUT2D eigenvalue weighted by Crippen LogP contribution is 2.33. The molecule has 0 spiro atoms. The van der Waals surface area contributed by atoms with Crippen LogP contribution in [0, 0.1) is 5.92 Å². The summed E-state index contributed by atoms with van der Waals surface area (Å²) in [5.74, 6) is 0.676. The molecule has 1 atom stereocenters. The standard InChI is InChI=1S/C13H16N2S/c14-8-10-4-6-15(9-10)12-3-1-2-11-5-7-16-13(11)12/h1-3,5,7,10H,4,6,8-9,14H2. The van der Waals surface area contributed by atoms with Crippen molar-refractivity contribution in [3.63, 3.8) is 0 Å². The maximum atomic E-state index is 5.74. The van der Waals surface area contributed by atoms with E-state index in [0.29, 0.717) is 5.92 Å². The molecule has 0 radical (unpaired) electrons. The van der Waals surface area contributed by atoms with Crippen LogP contribution in [0.25, 0.3) is 10.1 Å². The first kappa shape index (κ1) is 10.1. The second-order valence-corrected chi connectivity index (χ2v) is 5.37. The summed E-state index contributed by atoms with van der Waals surface area (Å²) in [4.78, 5) is 2.48. The van der Waals surface area contributed by atoms with Crippen LogP contribution < -0.4 is 10.6 Å². The molecular formula is C13H16N2S. The first-order chi connectivity index (χ1) is 7.88. The van der Waals surface area contributed by atoms with Gasteiger partial charge in [-0.25, -0.2) is 0 Å². The van der Waals surface area contributed by atoms with E-state index in [1.54, 1.807) is 0 Å². The summed E-state index contributed by atoms with van der Waals surface area (Å²) < 4.78 is 1.42. The second-order valence-electron chi connectivity index (χ2n) is 4.45. The summed E-state index contributed by atoms with van der Waals surface area (Å²) in [6.45, 7) is 3.09. The molecule has 84 valence electrons. The molecule has 3 rings (SSSR count). The van der Waals surface area contributed by atoms with Crippen molar-refractivity contribution in [1.82, 2.24) is 0 Å². The minimum absolute atomic E-state index is 0.676. The first-order valence-electron chi connectivity index (χ1n) is 5.79. The Balaban J connectivity index is 1.97. The van der Waals surface area contributed by atoms with Gasteiger partial charge >= 0.3 is 0 Å². The van der Waals surface area contributed by atoms with E-state index < -0.39 is 0 Å². The van der Waals surface area contributed by atoms with Gasteiger partial charge < -0.3 is 10.6 Å². The van der Waals surface area contributed by atoms with Crippen LogP contribution in [0.2, 0.25) is 0 Å². The molecule has 0 amide bonds. The number of anilines is 1. The highest BCUT2D eigenvalue weighted by atomic mass is 32.1. The molecule has 2 nitrogen and oxygen atoms in total.